The van der Waals surface area contributed by atoms with Crippen molar-refractivity contribution in [1.29, 1.82) is 0 Å². The topological polar surface area (TPSA) is 112 Å². The van der Waals surface area contributed by atoms with Crippen LogP contribution in [-0.2, 0) is 6.54 Å². The molecule has 0 aliphatic carbocycles. The van der Waals surface area contributed by atoms with Gasteiger partial charge in [0, 0.05) is 18.0 Å². The van der Waals surface area contributed by atoms with Crippen LogP contribution in [0.1, 0.15) is 12.8 Å². The Bertz CT molecular complexity index is 1620. The Balaban J connectivity index is 1.40. The second kappa shape index (κ2) is 9.51. The molecule has 0 unspecified atom stereocenters. The first-order valence-electron chi connectivity index (χ1n) is 11.7. The summed E-state index contributed by atoms with van der Waals surface area (Å²) in [6.45, 7) is 5.95. The van der Waals surface area contributed by atoms with Crippen LogP contribution in [-0.4, -0.2) is 48.5 Å². The highest BCUT2D eigenvalue weighted by Gasteiger charge is 2.20. The van der Waals surface area contributed by atoms with Crippen LogP contribution in [0.25, 0.3) is 27.1 Å². The Hall–Kier alpha value is -4.09. The normalized spacial score (nSPS) is 14.3. The summed E-state index contributed by atoms with van der Waals surface area (Å²) < 4.78 is 10.5. The number of rotatable bonds is 7. The number of pyridine rings is 1. The number of benzene rings is 1. The highest BCUT2D eigenvalue weighted by atomic mass is 32.1. The SMILES string of the molecule is C=CCn1c(=O)c2cnc(Nc3ccc4scnc4c3)nc2n1-c1cccc(OC2CCNCC2)n1. The lowest BCUT2D eigenvalue weighted by Gasteiger charge is -2.23. The van der Waals surface area contributed by atoms with Crippen LogP contribution in [0.15, 0.2) is 65.6 Å². The zero-order valence-electron chi connectivity index (χ0n) is 19.4. The van der Waals surface area contributed by atoms with Crippen molar-refractivity contribution in [2.75, 3.05) is 18.4 Å². The Kier molecular flexibility index (Phi) is 5.91. The lowest BCUT2D eigenvalue weighted by molar-refractivity contribution is 0.156. The first-order chi connectivity index (χ1) is 17.7. The van der Waals surface area contributed by atoms with E-state index >= 15 is 0 Å². The van der Waals surface area contributed by atoms with Gasteiger partial charge in [-0.1, -0.05) is 12.1 Å². The number of allylic oxidation sites excluding steroid dienone is 1. The Morgan fingerprint density at radius 1 is 1.19 bits per heavy atom. The summed E-state index contributed by atoms with van der Waals surface area (Å²) in [5.74, 6) is 1.41. The molecule has 5 aromatic rings. The van der Waals surface area contributed by atoms with Crippen molar-refractivity contribution in [2.45, 2.75) is 25.5 Å². The van der Waals surface area contributed by atoms with E-state index in [1.54, 1.807) is 33.0 Å². The minimum absolute atomic E-state index is 0.110. The summed E-state index contributed by atoms with van der Waals surface area (Å²) in [5.41, 5.74) is 3.75. The molecule has 1 aliphatic rings. The van der Waals surface area contributed by atoms with Crippen LogP contribution in [0.4, 0.5) is 11.6 Å². The van der Waals surface area contributed by atoms with E-state index in [4.69, 9.17) is 14.7 Å². The minimum Gasteiger partial charge on any atom is -0.474 e. The molecule has 0 radical (unpaired) electrons. The molecule has 0 atom stereocenters. The Labute approximate surface area is 210 Å². The van der Waals surface area contributed by atoms with Crippen molar-refractivity contribution < 1.29 is 4.74 Å². The number of hydrogen-bond acceptors (Lipinski definition) is 9. The summed E-state index contributed by atoms with van der Waals surface area (Å²) in [5, 5.41) is 6.96. The van der Waals surface area contributed by atoms with E-state index in [-0.39, 0.29) is 11.7 Å². The monoisotopic (exact) mass is 500 g/mol. The molecule has 0 spiro atoms. The molecule has 6 rings (SSSR count). The third-order valence-corrected chi connectivity index (χ3v) is 6.87. The lowest BCUT2D eigenvalue weighted by atomic mass is 10.1. The quantitative estimate of drug-likeness (QED) is 0.326. The number of nitrogens with zero attached hydrogens (tertiary/aromatic N) is 6. The molecule has 2 N–H and O–H groups in total. The van der Waals surface area contributed by atoms with Gasteiger partial charge in [-0.25, -0.2) is 19.3 Å². The number of thiazole rings is 1. The van der Waals surface area contributed by atoms with Gasteiger partial charge in [0.05, 0.1) is 22.3 Å². The molecular formula is C25H24N8O2S. The van der Waals surface area contributed by atoms with Gasteiger partial charge in [0.2, 0.25) is 11.8 Å². The van der Waals surface area contributed by atoms with Crippen LogP contribution in [0.3, 0.4) is 0 Å². The van der Waals surface area contributed by atoms with E-state index in [0.717, 1.165) is 41.8 Å². The second-order valence-electron chi connectivity index (χ2n) is 8.48. The van der Waals surface area contributed by atoms with Gasteiger partial charge in [0.25, 0.3) is 5.56 Å². The lowest BCUT2D eigenvalue weighted by Crippen LogP contribution is -2.34. The van der Waals surface area contributed by atoms with E-state index in [1.807, 2.05) is 41.9 Å². The zero-order valence-corrected chi connectivity index (χ0v) is 20.2. The number of piperidine rings is 1. The van der Waals surface area contributed by atoms with Crippen LogP contribution >= 0.6 is 11.3 Å². The third-order valence-electron chi connectivity index (χ3n) is 6.06. The molecular weight excluding hydrogens is 476 g/mol. The van der Waals surface area contributed by atoms with Crippen LogP contribution in [0, 0.1) is 0 Å². The summed E-state index contributed by atoms with van der Waals surface area (Å²) >= 11 is 1.59. The molecule has 0 bridgehead atoms. The van der Waals surface area contributed by atoms with Crippen LogP contribution in [0.5, 0.6) is 5.88 Å². The fraction of sp³-hybridized carbons (Fsp3) is 0.240. The summed E-state index contributed by atoms with van der Waals surface area (Å²) in [7, 11) is 0. The van der Waals surface area contributed by atoms with E-state index in [2.05, 4.69) is 27.2 Å². The largest absolute Gasteiger partial charge is 0.474 e. The molecule has 10 nitrogen and oxygen atoms in total. The average molecular weight is 501 g/mol. The van der Waals surface area contributed by atoms with Crippen LogP contribution in [0.2, 0.25) is 0 Å². The molecule has 1 fully saturated rings. The van der Waals surface area contributed by atoms with Gasteiger partial charge in [0.1, 0.15) is 11.5 Å². The van der Waals surface area contributed by atoms with E-state index in [9.17, 15) is 4.79 Å². The smallest absolute Gasteiger partial charge is 0.278 e. The maximum Gasteiger partial charge on any atom is 0.278 e. The van der Waals surface area contributed by atoms with Crippen molar-refractivity contribution in [3.63, 3.8) is 0 Å². The molecule has 4 aromatic heterocycles. The molecule has 1 aromatic carbocycles. The third kappa shape index (κ3) is 4.23. The van der Waals surface area contributed by atoms with Gasteiger partial charge in [0.15, 0.2) is 11.5 Å². The molecule has 5 heterocycles. The van der Waals surface area contributed by atoms with Crippen molar-refractivity contribution in [3.05, 3.63) is 71.1 Å². The number of nitrogens with one attached hydrogen (secondary N) is 2. The zero-order chi connectivity index (χ0) is 24.5. The second-order valence-corrected chi connectivity index (χ2v) is 9.37. The van der Waals surface area contributed by atoms with Crippen molar-refractivity contribution >= 4 is 44.2 Å². The number of aromatic nitrogens is 6. The Morgan fingerprint density at radius 3 is 2.94 bits per heavy atom. The fourth-order valence-corrected chi connectivity index (χ4v) is 5.00. The molecule has 11 heteroatoms. The molecule has 36 heavy (non-hydrogen) atoms. The fourth-order valence-electron chi connectivity index (χ4n) is 4.34. The molecule has 182 valence electrons. The minimum atomic E-state index is -0.216. The van der Waals surface area contributed by atoms with Crippen molar-refractivity contribution in [3.8, 4) is 11.7 Å². The maximum atomic E-state index is 13.2. The van der Waals surface area contributed by atoms with Crippen molar-refractivity contribution in [1.82, 2.24) is 34.6 Å². The molecule has 1 aliphatic heterocycles. The molecule has 1 saturated heterocycles. The van der Waals surface area contributed by atoms with Gasteiger partial charge in [-0.2, -0.15) is 9.97 Å². The van der Waals surface area contributed by atoms with E-state index in [1.165, 1.54) is 0 Å². The first-order valence-corrected chi connectivity index (χ1v) is 12.6. The predicted molar refractivity (Wildman–Crippen MR) is 141 cm³/mol. The molecule has 0 saturated carbocycles. The van der Waals surface area contributed by atoms with Gasteiger partial charge in [-0.3, -0.25) is 4.79 Å². The maximum absolute atomic E-state index is 13.2. The number of hydrogen-bond donors (Lipinski definition) is 2. The first kappa shape index (κ1) is 22.4. The summed E-state index contributed by atoms with van der Waals surface area (Å²) in [6, 6.07) is 11.4. The standard InChI is InChI=1S/C25H24N8O2S/c1-2-12-32-24(34)18-14-27-25(29-16-6-7-20-19(13-16)28-15-36-20)31-23(18)33(32)21-4-3-5-22(30-21)35-17-8-10-26-11-9-17/h2-7,13-15,17,26H,1,8-12H2,(H,27,29,31). The highest BCUT2D eigenvalue weighted by Crippen LogP contribution is 2.24. The van der Waals surface area contributed by atoms with E-state index < -0.39 is 0 Å². The summed E-state index contributed by atoms with van der Waals surface area (Å²) in [6.07, 6.45) is 5.17. The van der Waals surface area contributed by atoms with E-state index in [0.29, 0.717) is 35.2 Å². The molecule has 0 amide bonds. The average Bonchev–Trinajstić information content (AvgIpc) is 3.47. The van der Waals surface area contributed by atoms with Gasteiger partial charge in [-0.15, -0.1) is 17.9 Å². The predicted octanol–water partition coefficient (Wildman–Crippen LogP) is 3.65. The van der Waals surface area contributed by atoms with Crippen molar-refractivity contribution in [2.24, 2.45) is 0 Å². The van der Waals surface area contributed by atoms with Gasteiger partial charge < -0.3 is 15.4 Å². The van der Waals surface area contributed by atoms with Gasteiger partial charge in [-0.05, 0) is 50.2 Å². The number of anilines is 2. The van der Waals surface area contributed by atoms with Gasteiger partial charge >= 0.3 is 0 Å². The van der Waals surface area contributed by atoms with Crippen LogP contribution < -0.4 is 20.9 Å². The number of ether oxygens (including phenoxy) is 1. The number of fused-ring (bicyclic) bond motifs is 2. The Morgan fingerprint density at radius 2 is 2.08 bits per heavy atom. The summed E-state index contributed by atoms with van der Waals surface area (Å²) in [4.78, 5) is 31.4. The highest BCUT2D eigenvalue weighted by molar-refractivity contribution is 7.16.